The van der Waals surface area contributed by atoms with Crippen LogP contribution >= 0.6 is 11.6 Å². The second kappa shape index (κ2) is 4.37. The maximum Gasteiger partial charge on any atom is 0.419 e. The number of benzene rings is 1. The largest absolute Gasteiger partial charge is 0.419 e. The smallest absolute Gasteiger partial charge is 0.244 e. The summed E-state index contributed by atoms with van der Waals surface area (Å²) in [6, 6.07) is 9.58. The fraction of sp³-hybridized carbons (Fsp3) is 0.0833. The van der Waals surface area contributed by atoms with E-state index in [9.17, 15) is 13.2 Å². The standard InChI is InChI=1S/C12H7ClF3N/c13-11-10(12(14,15)16)9(6-7-17-11)8-4-2-1-3-5-8/h1-7H. The van der Waals surface area contributed by atoms with Crippen LogP contribution in [0.15, 0.2) is 42.6 Å². The summed E-state index contributed by atoms with van der Waals surface area (Å²) >= 11 is 5.53. The summed E-state index contributed by atoms with van der Waals surface area (Å²) in [5, 5.41) is -0.529. The fourth-order valence-electron chi connectivity index (χ4n) is 1.56. The molecular weight excluding hydrogens is 251 g/mol. The molecule has 88 valence electrons. The normalized spacial score (nSPS) is 11.5. The van der Waals surface area contributed by atoms with Crippen LogP contribution in [0.5, 0.6) is 0 Å². The van der Waals surface area contributed by atoms with Crippen LogP contribution in [0.2, 0.25) is 5.15 Å². The Labute approximate surface area is 101 Å². The van der Waals surface area contributed by atoms with Crippen LogP contribution in [0.1, 0.15) is 5.56 Å². The molecule has 1 heterocycles. The lowest BCUT2D eigenvalue weighted by Gasteiger charge is -2.13. The van der Waals surface area contributed by atoms with Crippen LogP contribution in [0.3, 0.4) is 0 Å². The van der Waals surface area contributed by atoms with Gasteiger partial charge in [-0.15, -0.1) is 0 Å². The third-order valence-corrected chi connectivity index (χ3v) is 2.56. The zero-order chi connectivity index (χ0) is 12.5. The second-order valence-electron chi connectivity index (χ2n) is 3.39. The summed E-state index contributed by atoms with van der Waals surface area (Å²) < 4.78 is 38.6. The molecule has 0 bridgehead atoms. The van der Waals surface area contributed by atoms with Crippen molar-refractivity contribution in [1.29, 1.82) is 0 Å². The van der Waals surface area contributed by atoms with E-state index in [1.807, 2.05) is 0 Å². The first-order chi connectivity index (χ1) is 8.00. The van der Waals surface area contributed by atoms with Crippen molar-refractivity contribution in [1.82, 2.24) is 4.98 Å². The molecule has 2 aromatic rings. The second-order valence-corrected chi connectivity index (χ2v) is 3.75. The van der Waals surface area contributed by atoms with Crippen LogP contribution in [0.25, 0.3) is 11.1 Å². The molecule has 1 nitrogen and oxygen atoms in total. The Kier molecular flexibility index (Phi) is 3.07. The lowest BCUT2D eigenvalue weighted by atomic mass is 10.0. The molecule has 0 aliphatic rings. The molecule has 0 unspecified atom stereocenters. The van der Waals surface area contributed by atoms with Crippen molar-refractivity contribution in [3.8, 4) is 11.1 Å². The van der Waals surface area contributed by atoms with Crippen LogP contribution in [-0.2, 0) is 6.18 Å². The van der Waals surface area contributed by atoms with Crippen molar-refractivity contribution in [3.63, 3.8) is 0 Å². The highest BCUT2D eigenvalue weighted by Gasteiger charge is 2.36. The lowest BCUT2D eigenvalue weighted by Crippen LogP contribution is -2.09. The van der Waals surface area contributed by atoms with Gasteiger partial charge in [-0.25, -0.2) is 4.98 Å². The lowest BCUT2D eigenvalue weighted by molar-refractivity contribution is -0.137. The highest BCUT2D eigenvalue weighted by atomic mass is 35.5. The maximum absolute atomic E-state index is 12.9. The van der Waals surface area contributed by atoms with E-state index in [0.717, 1.165) is 0 Å². The fourth-order valence-corrected chi connectivity index (χ4v) is 1.83. The van der Waals surface area contributed by atoms with E-state index in [1.54, 1.807) is 30.3 Å². The Morgan fingerprint density at radius 1 is 1.00 bits per heavy atom. The van der Waals surface area contributed by atoms with Crippen LogP contribution in [-0.4, -0.2) is 4.98 Å². The van der Waals surface area contributed by atoms with Gasteiger partial charge in [-0.05, 0) is 17.2 Å². The molecule has 1 aromatic heterocycles. The molecule has 17 heavy (non-hydrogen) atoms. The SMILES string of the molecule is FC(F)(F)c1c(-c2ccccc2)ccnc1Cl. The van der Waals surface area contributed by atoms with E-state index in [1.165, 1.54) is 12.3 Å². The molecule has 0 atom stereocenters. The van der Waals surface area contributed by atoms with E-state index in [2.05, 4.69) is 4.98 Å². The van der Waals surface area contributed by atoms with Crippen molar-refractivity contribution >= 4 is 11.6 Å². The van der Waals surface area contributed by atoms with Crippen molar-refractivity contribution in [3.05, 3.63) is 53.3 Å². The molecule has 0 fully saturated rings. The predicted molar refractivity (Wildman–Crippen MR) is 59.7 cm³/mol. The molecule has 0 radical (unpaired) electrons. The molecule has 0 aliphatic carbocycles. The van der Waals surface area contributed by atoms with Crippen LogP contribution < -0.4 is 0 Å². The van der Waals surface area contributed by atoms with Crippen molar-refractivity contribution in [2.75, 3.05) is 0 Å². The quantitative estimate of drug-likeness (QED) is 0.689. The third-order valence-electron chi connectivity index (χ3n) is 2.27. The number of hydrogen-bond acceptors (Lipinski definition) is 1. The number of rotatable bonds is 1. The average molecular weight is 258 g/mol. The Morgan fingerprint density at radius 2 is 1.65 bits per heavy atom. The average Bonchev–Trinajstić information content (AvgIpc) is 2.28. The molecule has 2 rings (SSSR count). The van der Waals surface area contributed by atoms with Gasteiger partial charge in [0.2, 0.25) is 0 Å². The van der Waals surface area contributed by atoms with Gasteiger partial charge in [0.1, 0.15) is 10.7 Å². The van der Waals surface area contributed by atoms with Gasteiger partial charge < -0.3 is 0 Å². The summed E-state index contributed by atoms with van der Waals surface area (Å²) in [5.74, 6) is 0. The minimum atomic E-state index is -4.52. The summed E-state index contributed by atoms with van der Waals surface area (Å²) in [7, 11) is 0. The number of nitrogens with zero attached hydrogens (tertiary/aromatic N) is 1. The summed E-state index contributed by atoms with van der Waals surface area (Å²) in [6.45, 7) is 0. The molecule has 0 saturated carbocycles. The summed E-state index contributed by atoms with van der Waals surface area (Å²) in [4.78, 5) is 3.48. The first-order valence-electron chi connectivity index (χ1n) is 4.77. The first-order valence-corrected chi connectivity index (χ1v) is 5.15. The monoisotopic (exact) mass is 257 g/mol. The number of hydrogen-bond donors (Lipinski definition) is 0. The number of aromatic nitrogens is 1. The molecule has 5 heteroatoms. The van der Waals surface area contributed by atoms with Gasteiger partial charge >= 0.3 is 6.18 Å². The van der Waals surface area contributed by atoms with Gasteiger partial charge in [0.25, 0.3) is 0 Å². The third kappa shape index (κ3) is 2.42. The van der Waals surface area contributed by atoms with Gasteiger partial charge in [-0.1, -0.05) is 41.9 Å². The van der Waals surface area contributed by atoms with Gasteiger partial charge in [-0.2, -0.15) is 13.2 Å². The number of pyridine rings is 1. The molecule has 0 saturated heterocycles. The van der Waals surface area contributed by atoms with Crippen molar-refractivity contribution < 1.29 is 13.2 Å². The van der Waals surface area contributed by atoms with E-state index in [4.69, 9.17) is 11.6 Å². The minimum Gasteiger partial charge on any atom is -0.244 e. The maximum atomic E-state index is 12.9. The topological polar surface area (TPSA) is 12.9 Å². The zero-order valence-electron chi connectivity index (χ0n) is 8.50. The molecule has 0 spiro atoms. The first kappa shape index (κ1) is 11.9. The molecular formula is C12H7ClF3N. The van der Waals surface area contributed by atoms with Crippen molar-refractivity contribution in [2.45, 2.75) is 6.18 Å². The Bertz CT molecular complexity index is 523. The van der Waals surface area contributed by atoms with Crippen molar-refractivity contribution in [2.24, 2.45) is 0 Å². The molecule has 1 aromatic carbocycles. The van der Waals surface area contributed by atoms with Crippen LogP contribution in [0.4, 0.5) is 13.2 Å². The highest BCUT2D eigenvalue weighted by molar-refractivity contribution is 6.30. The van der Waals surface area contributed by atoms with E-state index in [0.29, 0.717) is 5.56 Å². The van der Waals surface area contributed by atoms with Gasteiger partial charge in [-0.3, -0.25) is 0 Å². The Morgan fingerprint density at radius 3 is 2.24 bits per heavy atom. The number of alkyl halides is 3. The van der Waals surface area contributed by atoms with Crippen LogP contribution in [0, 0.1) is 0 Å². The van der Waals surface area contributed by atoms with E-state index >= 15 is 0 Å². The molecule has 0 aliphatic heterocycles. The molecule has 0 amide bonds. The van der Waals surface area contributed by atoms with E-state index in [-0.39, 0.29) is 5.56 Å². The Hall–Kier alpha value is -1.55. The van der Waals surface area contributed by atoms with E-state index < -0.39 is 16.9 Å². The highest BCUT2D eigenvalue weighted by Crippen LogP contribution is 2.40. The Balaban J connectivity index is 2.67. The summed E-state index contributed by atoms with van der Waals surface area (Å²) in [6.07, 6.45) is -3.25. The van der Waals surface area contributed by atoms with Gasteiger partial charge in [0.05, 0.1) is 0 Å². The predicted octanol–water partition coefficient (Wildman–Crippen LogP) is 4.42. The number of halogens is 4. The van der Waals surface area contributed by atoms with Gasteiger partial charge in [0.15, 0.2) is 0 Å². The zero-order valence-corrected chi connectivity index (χ0v) is 9.26. The summed E-state index contributed by atoms with van der Waals surface area (Å²) in [5.41, 5.74) is -0.393. The van der Waals surface area contributed by atoms with Gasteiger partial charge in [0, 0.05) is 6.20 Å². The molecule has 0 N–H and O–H groups in total. The minimum absolute atomic E-state index is 0.0399.